The molecule has 0 unspecified atom stereocenters. The Morgan fingerprint density at radius 2 is 2.05 bits per heavy atom. The predicted molar refractivity (Wildman–Crippen MR) is 81.3 cm³/mol. The van der Waals surface area contributed by atoms with E-state index in [9.17, 15) is 0 Å². The third kappa shape index (κ3) is 3.24. The molecule has 100 valence electrons. The largest absolute Gasteiger partial charge is 0.366 e. The highest BCUT2D eigenvalue weighted by Gasteiger charge is 2.18. The lowest BCUT2D eigenvalue weighted by Gasteiger charge is -2.20. The van der Waals surface area contributed by atoms with Gasteiger partial charge in [-0.1, -0.05) is 23.7 Å². The number of nitrogens with one attached hydrogen (secondary N) is 2. The molecule has 0 fully saturated rings. The lowest BCUT2D eigenvalue weighted by atomic mass is 10.1. The molecule has 0 radical (unpaired) electrons. The number of benzene rings is 1. The number of hydrogen-bond donors (Lipinski definition) is 2. The molecular formula is C13H15ClN4S. The molecule has 0 spiro atoms. The quantitative estimate of drug-likeness (QED) is 0.852. The van der Waals surface area contributed by atoms with Crippen LogP contribution in [0.25, 0.3) is 0 Å². The molecule has 0 aliphatic rings. The van der Waals surface area contributed by atoms with Crippen molar-refractivity contribution >= 4 is 28.9 Å². The van der Waals surface area contributed by atoms with Gasteiger partial charge in [0.2, 0.25) is 0 Å². The monoisotopic (exact) mass is 294 g/mol. The maximum Gasteiger partial charge on any atom is 0.166 e. The summed E-state index contributed by atoms with van der Waals surface area (Å²) in [6.07, 6.45) is 3.67. The first-order valence-electron chi connectivity index (χ1n) is 5.82. The van der Waals surface area contributed by atoms with E-state index >= 15 is 0 Å². The first-order chi connectivity index (χ1) is 9.11. The number of thiocarbonyl (C=S) groups is 1. The number of hydrogen-bond acceptors (Lipinski definition) is 2. The summed E-state index contributed by atoms with van der Waals surface area (Å²) in [5.41, 5.74) is 1.05. The Balaban J connectivity index is 2.37. The molecule has 2 aromatic rings. The van der Waals surface area contributed by atoms with Crippen molar-refractivity contribution in [3.05, 3.63) is 53.1 Å². The highest BCUT2D eigenvalue weighted by molar-refractivity contribution is 7.80. The first kappa shape index (κ1) is 13.8. The summed E-state index contributed by atoms with van der Waals surface area (Å²) >= 11 is 11.1. The summed E-state index contributed by atoms with van der Waals surface area (Å²) < 4.78 is 1.96. The van der Waals surface area contributed by atoms with E-state index in [4.69, 9.17) is 23.8 Å². The van der Waals surface area contributed by atoms with E-state index in [-0.39, 0.29) is 6.04 Å². The van der Waals surface area contributed by atoms with Crippen LogP contribution in [-0.4, -0.2) is 21.7 Å². The lowest BCUT2D eigenvalue weighted by Crippen LogP contribution is -2.37. The molecule has 0 bridgehead atoms. The molecule has 1 aromatic heterocycles. The van der Waals surface area contributed by atoms with Crippen LogP contribution in [0.2, 0.25) is 5.02 Å². The van der Waals surface area contributed by atoms with Gasteiger partial charge in [-0.25, -0.2) is 4.98 Å². The third-order valence-electron chi connectivity index (χ3n) is 2.82. The topological polar surface area (TPSA) is 41.9 Å². The molecule has 2 rings (SSSR count). The molecule has 1 atom stereocenters. The van der Waals surface area contributed by atoms with Gasteiger partial charge in [-0.3, -0.25) is 0 Å². The maximum atomic E-state index is 5.93. The Morgan fingerprint density at radius 3 is 2.58 bits per heavy atom. The molecule has 0 amide bonds. The number of aryl methyl sites for hydroxylation is 1. The minimum atomic E-state index is -0.114. The minimum absolute atomic E-state index is 0.114. The van der Waals surface area contributed by atoms with E-state index in [0.29, 0.717) is 10.1 Å². The number of halogens is 1. The Morgan fingerprint density at radius 1 is 1.37 bits per heavy atom. The van der Waals surface area contributed by atoms with E-state index in [1.54, 1.807) is 13.2 Å². The van der Waals surface area contributed by atoms with Gasteiger partial charge in [0.25, 0.3) is 0 Å². The second kappa shape index (κ2) is 6.04. The SMILES string of the molecule is CNC(=S)N[C@H](c1ccc(Cl)cc1)c1nccn1C. The molecule has 1 heterocycles. The molecule has 2 N–H and O–H groups in total. The average Bonchev–Trinajstić information content (AvgIpc) is 2.83. The zero-order chi connectivity index (χ0) is 13.8. The first-order valence-corrected chi connectivity index (χ1v) is 6.61. The molecule has 19 heavy (non-hydrogen) atoms. The summed E-state index contributed by atoms with van der Waals surface area (Å²) in [7, 11) is 3.74. The van der Waals surface area contributed by atoms with Crippen molar-refractivity contribution < 1.29 is 0 Å². The summed E-state index contributed by atoms with van der Waals surface area (Å²) in [6, 6.07) is 7.53. The van der Waals surface area contributed by atoms with Gasteiger partial charge in [0.15, 0.2) is 5.11 Å². The van der Waals surface area contributed by atoms with E-state index in [0.717, 1.165) is 11.4 Å². The van der Waals surface area contributed by atoms with Crippen LogP contribution < -0.4 is 10.6 Å². The second-order valence-corrected chi connectivity index (χ2v) is 4.95. The number of nitrogens with zero attached hydrogens (tertiary/aromatic N) is 2. The van der Waals surface area contributed by atoms with Crippen molar-refractivity contribution in [2.24, 2.45) is 7.05 Å². The van der Waals surface area contributed by atoms with Crippen LogP contribution >= 0.6 is 23.8 Å². The smallest absolute Gasteiger partial charge is 0.166 e. The molecule has 0 saturated carbocycles. The van der Waals surface area contributed by atoms with Crippen LogP contribution in [-0.2, 0) is 7.05 Å². The summed E-state index contributed by atoms with van der Waals surface area (Å²) in [5, 5.41) is 7.43. The fourth-order valence-electron chi connectivity index (χ4n) is 1.81. The van der Waals surface area contributed by atoms with Crippen molar-refractivity contribution in [3.63, 3.8) is 0 Å². The highest BCUT2D eigenvalue weighted by atomic mass is 35.5. The van der Waals surface area contributed by atoms with Crippen molar-refractivity contribution in [2.75, 3.05) is 7.05 Å². The standard InChI is InChI=1S/C13H15ClN4S/c1-15-13(19)17-11(12-16-7-8-18(12)2)9-3-5-10(14)6-4-9/h3-8,11H,1-2H3,(H2,15,17,19)/t11-/m1/s1. The molecule has 4 nitrogen and oxygen atoms in total. The summed E-state index contributed by atoms with van der Waals surface area (Å²) in [4.78, 5) is 4.38. The Kier molecular flexibility index (Phi) is 4.39. The minimum Gasteiger partial charge on any atom is -0.366 e. The van der Waals surface area contributed by atoms with Gasteiger partial charge < -0.3 is 15.2 Å². The molecule has 0 saturated heterocycles. The van der Waals surface area contributed by atoms with Crippen molar-refractivity contribution in [3.8, 4) is 0 Å². The Bertz CT molecular complexity index is 564. The second-order valence-electron chi connectivity index (χ2n) is 4.10. The van der Waals surface area contributed by atoms with Gasteiger partial charge in [-0.05, 0) is 29.9 Å². The predicted octanol–water partition coefficient (Wildman–Crippen LogP) is 2.26. The fraction of sp³-hybridized carbons (Fsp3) is 0.231. The van der Waals surface area contributed by atoms with Gasteiger partial charge in [0.05, 0.1) is 0 Å². The molecule has 1 aromatic carbocycles. The lowest BCUT2D eigenvalue weighted by molar-refractivity contribution is 0.657. The van der Waals surface area contributed by atoms with Crippen LogP contribution in [0.5, 0.6) is 0 Å². The van der Waals surface area contributed by atoms with Crippen molar-refractivity contribution in [1.82, 2.24) is 20.2 Å². The average molecular weight is 295 g/mol. The normalized spacial score (nSPS) is 11.9. The summed E-state index contributed by atoms with van der Waals surface area (Å²) in [6.45, 7) is 0. The Hall–Kier alpha value is -1.59. The summed E-state index contributed by atoms with van der Waals surface area (Å²) in [5.74, 6) is 0.889. The van der Waals surface area contributed by atoms with Crippen LogP contribution in [0.1, 0.15) is 17.4 Å². The van der Waals surface area contributed by atoms with Gasteiger partial charge in [-0.15, -0.1) is 0 Å². The highest BCUT2D eigenvalue weighted by Crippen LogP contribution is 2.22. The van der Waals surface area contributed by atoms with E-state index in [1.165, 1.54) is 0 Å². The van der Waals surface area contributed by atoms with Crippen LogP contribution in [0.4, 0.5) is 0 Å². The van der Waals surface area contributed by atoms with Gasteiger partial charge in [0.1, 0.15) is 11.9 Å². The zero-order valence-electron chi connectivity index (χ0n) is 10.7. The number of rotatable bonds is 3. The molecular weight excluding hydrogens is 280 g/mol. The van der Waals surface area contributed by atoms with E-state index in [2.05, 4.69) is 15.6 Å². The van der Waals surface area contributed by atoms with E-state index < -0.39 is 0 Å². The molecule has 6 heteroatoms. The van der Waals surface area contributed by atoms with Gasteiger partial charge >= 0.3 is 0 Å². The molecule has 0 aliphatic heterocycles. The van der Waals surface area contributed by atoms with Gasteiger partial charge in [0, 0.05) is 31.5 Å². The van der Waals surface area contributed by atoms with Crippen molar-refractivity contribution in [2.45, 2.75) is 6.04 Å². The molecule has 0 aliphatic carbocycles. The van der Waals surface area contributed by atoms with Crippen molar-refractivity contribution in [1.29, 1.82) is 0 Å². The van der Waals surface area contributed by atoms with Crippen LogP contribution in [0.15, 0.2) is 36.7 Å². The maximum absolute atomic E-state index is 5.93. The zero-order valence-corrected chi connectivity index (χ0v) is 12.3. The van der Waals surface area contributed by atoms with Crippen LogP contribution in [0, 0.1) is 0 Å². The van der Waals surface area contributed by atoms with Gasteiger partial charge in [-0.2, -0.15) is 0 Å². The third-order valence-corrected chi connectivity index (χ3v) is 3.40. The van der Waals surface area contributed by atoms with Crippen LogP contribution in [0.3, 0.4) is 0 Å². The number of imidazole rings is 1. The number of aromatic nitrogens is 2. The fourth-order valence-corrected chi connectivity index (χ4v) is 2.05. The Labute approximate surface area is 122 Å². The van der Waals surface area contributed by atoms with E-state index in [1.807, 2.05) is 42.1 Å².